The maximum absolute atomic E-state index is 12.5. The summed E-state index contributed by atoms with van der Waals surface area (Å²) in [4.78, 5) is 24.6. The number of allylic oxidation sites excluding steroid dienone is 1. The van der Waals surface area contributed by atoms with Crippen LogP contribution < -0.4 is 5.32 Å². The lowest BCUT2D eigenvalue weighted by molar-refractivity contribution is -0.170. The van der Waals surface area contributed by atoms with Crippen molar-refractivity contribution in [3.63, 3.8) is 0 Å². The summed E-state index contributed by atoms with van der Waals surface area (Å²) in [5.41, 5.74) is -3.93. The first-order valence-corrected chi connectivity index (χ1v) is 9.41. The number of carbonyl (C=O) groups is 2. The Morgan fingerprint density at radius 1 is 1.40 bits per heavy atom. The Bertz CT molecular complexity index is 530. The Balaban J connectivity index is 2.27. The maximum atomic E-state index is 12.5. The summed E-state index contributed by atoms with van der Waals surface area (Å²) >= 11 is 0. The van der Waals surface area contributed by atoms with Gasteiger partial charge in [-0.25, -0.2) is 4.79 Å². The Morgan fingerprint density at radius 2 is 2.12 bits per heavy atom. The van der Waals surface area contributed by atoms with Crippen LogP contribution in [-0.4, -0.2) is 44.4 Å². The van der Waals surface area contributed by atoms with Gasteiger partial charge in [-0.2, -0.15) is 0 Å². The van der Waals surface area contributed by atoms with Gasteiger partial charge < -0.3 is 20.6 Å². The second-order valence-corrected chi connectivity index (χ2v) is 7.62. The third-order valence-electron chi connectivity index (χ3n) is 5.94. The van der Waals surface area contributed by atoms with Crippen LogP contribution in [0.15, 0.2) is 12.2 Å². The van der Waals surface area contributed by atoms with Crippen LogP contribution in [0.4, 0.5) is 0 Å². The Kier molecular flexibility index (Phi) is 6.27. The molecule has 1 aliphatic heterocycles. The van der Waals surface area contributed by atoms with E-state index < -0.39 is 41.0 Å². The summed E-state index contributed by atoms with van der Waals surface area (Å²) in [5.74, 6) is -3.09. The van der Waals surface area contributed by atoms with Crippen LogP contribution >= 0.6 is 0 Å². The van der Waals surface area contributed by atoms with Crippen LogP contribution in [-0.2, 0) is 9.59 Å². The molecule has 1 fully saturated rings. The number of aliphatic carboxylic acids is 1. The van der Waals surface area contributed by atoms with E-state index in [9.17, 15) is 24.9 Å². The third kappa shape index (κ3) is 3.47. The van der Waals surface area contributed by atoms with Crippen molar-refractivity contribution in [3.05, 3.63) is 12.2 Å². The molecule has 2 rings (SSSR count). The van der Waals surface area contributed by atoms with Gasteiger partial charge in [0.1, 0.15) is 5.60 Å². The number of rotatable bonds is 8. The minimum atomic E-state index is -2.08. The van der Waals surface area contributed by atoms with Crippen molar-refractivity contribution in [2.24, 2.45) is 11.8 Å². The molecule has 142 valence electrons. The summed E-state index contributed by atoms with van der Waals surface area (Å²) in [5, 5.41) is 34.3. The molecule has 1 heterocycles. The van der Waals surface area contributed by atoms with E-state index in [1.165, 1.54) is 6.92 Å². The average molecular weight is 353 g/mol. The largest absolute Gasteiger partial charge is 0.479 e. The van der Waals surface area contributed by atoms with E-state index in [1.54, 1.807) is 6.08 Å². The highest BCUT2D eigenvalue weighted by Gasteiger charge is 2.69. The quantitative estimate of drug-likeness (QED) is 0.394. The van der Waals surface area contributed by atoms with Gasteiger partial charge >= 0.3 is 5.97 Å². The van der Waals surface area contributed by atoms with Gasteiger partial charge in [-0.1, -0.05) is 44.8 Å². The van der Waals surface area contributed by atoms with E-state index in [2.05, 4.69) is 12.2 Å². The van der Waals surface area contributed by atoms with Crippen LogP contribution in [0.5, 0.6) is 0 Å². The molecule has 0 aromatic heterocycles. The molecule has 0 radical (unpaired) electrons. The second-order valence-electron chi connectivity index (χ2n) is 7.62. The average Bonchev–Trinajstić information content (AvgIpc) is 2.79. The molecule has 1 aliphatic carbocycles. The molecule has 0 aromatic carbocycles. The molecule has 25 heavy (non-hydrogen) atoms. The van der Waals surface area contributed by atoms with Crippen LogP contribution in [0.2, 0.25) is 0 Å². The lowest BCUT2D eigenvalue weighted by Gasteiger charge is -2.43. The number of unbranched alkanes of at least 4 members (excludes halogenated alkanes) is 3. The fourth-order valence-electron chi connectivity index (χ4n) is 4.32. The van der Waals surface area contributed by atoms with Crippen molar-refractivity contribution in [1.82, 2.24) is 5.32 Å². The maximum Gasteiger partial charge on any atom is 0.335 e. The molecule has 1 unspecified atom stereocenters. The Hall–Kier alpha value is -1.40. The molecule has 1 amide bonds. The molecule has 0 aromatic rings. The number of amides is 1. The summed E-state index contributed by atoms with van der Waals surface area (Å²) in [7, 11) is 0. The molecular formula is C19H31NO5. The first kappa shape index (κ1) is 19.9. The first-order valence-electron chi connectivity index (χ1n) is 9.41. The van der Waals surface area contributed by atoms with Gasteiger partial charge in [0, 0.05) is 5.92 Å². The minimum Gasteiger partial charge on any atom is -0.479 e. The summed E-state index contributed by atoms with van der Waals surface area (Å²) < 4.78 is 0. The molecule has 1 saturated heterocycles. The van der Waals surface area contributed by atoms with E-state index in [1.807, 2.05) is 6.08 Å². The fraction of sp³-hybridized carbons (Fsp3) is 0.789. The number of carboxylic acid groups (broad SMARTS) is 1. The second kappa shape index (κ2) is 7.87. The molecule has 5 atom stereocenters. The Labute approximate surface area is 149 Å². The lowest BCUT2D eigenvalue weighted by Crippen LogP contribution is -2.70. The van der Waals surface area contributed by atoms with E-state index in [0.717, 1.165) is 38.5 Å². The summed E-state index contributed by atoms with van der Waals surface area (Å²) in [6.07, 6.45) is 8.92. The predicted octanol–water partition coefficient (Wildman–Crippen LogP) is 1.99. The molecular weight excluding hydrogens is 322 g/mol. The van der Waals surface area contributed by atoms with Crippen molar-refractivity contribution in [2.75, 3.05) is 0 Å². The van der Waals surface area contributed by atoms with E-state index in [4.69, 9.17) is 0 Å². The van der Waals surface area contributed by atoms with Gasteiger partial charge in [0.05, 0.1) is 12.0 Å². The normalized spacial score (nSPS) is 36.2. The monoisotopic (exact) mass is 353 g/mol. The fourth-order valence-corrected chi connectivity index (χ4v) is 4.32. The van der Waals surface area contributed by atoms with E-state index in [0.29, 0.717) is 12.8 Å². The van der Waals surface area contributed by atoms with Crippen molar-refractivity contribution >= 4 is 11.9 Å². The van der Waals surface area contributed by atoms with E-state index in [-0.39, 0.29) is 0 Å². The number of nitrogens with one attached hydrogen (secondary N) is 1. The van der Waals surface area contributed by atoms with Gasteiger partial charge in [-0.15, -0.1) is 0 Å². The zero-order valence-corrected chi connectivity index (χ0v) is 15.2. The zero-order valence-electron chi connectivity index (χ0n) is 15.2. The highest BCUT2D eigenvalue weighted by molar-refractivity contribution is 5.95. The standard InChI is InChI=1S/C19H31NO5/c1-3-4-5-9-12-14-16(22)20-19(17(23)24,18(14,2)25)15(21)13-10-7-6-8-11-13/h7,10,13-15,21,25H,3-6,8-9,11-12H2,1-2H3,(H,20,22)(H,23,24)/t13-,14+,15?,18+,19+/m1/s1. The summed E-state index contributed by atoms with van der Waals surface area (Å²) in [6.45, 7) is 3.46. The molecule has 4 N–H and O–H groups in total. The predicted molar refractivity (Wildman–Crippen MR) is 93.9 cm³/mol. The summed E-state index contributed by atoms with van der Waals surface area (Å²) in [6, 6.07) is 0. The highest BCUT2D eigenvalue weighted by Crippen LogP contribution is 2.44. The molecule has 2 aliphatic rings. The number of aliphatic hydroxyl groups is 2. The SMILES string of the molecule is CCCCCC[C@H]1C(=O)N[C@](C(=O)O)(C(O)[C@@H]2C=CCCC2)[C@@]1(C)O. The number of carbonyl (C=O) groups excluding carboxylic acids is 1. The van der Waals surface area contributed by atoms with Gasteiger partial charge in [-0.05, 0) is 32.6 Å². The van der Waals surface area contributed by atoms with Gasteiger partial charge in [0.25, 0.3) is 0 Å². The van der Waals surface area contributed by atoms with Crippen molar-refractivity contribution in [2.45, 2.75) is 82.5 Å². The minimum absolute atomic E-state index is 0.393. The molecule has 0 saturated carbocycles. The number of carboxylic acids is 1. The van der Waals surface area contributed by atoms with Gasteiger partial charge in [0.2, 0.25) is 5.91 Å². The number of hydrogen-bond donors (Lipinski definition) is 4. The van der Waals surface area contributed by atoms with E-state index >= 15 is 0 Å². The number of hydrogen-bond acceptors (Lipinski definition) is 4. The molecule has 0 spiro atoms. The number of aliphatic hydroxyl groups excluding tert-OH is 1. The van der Waals surface area contributed by atoms with Crippen LogP contribution in [0.3, 0.4) is 0 Å². The van der Waals surface area contributed by atoms with Gasteiger partial charge in [0.15, 0.2) is 5.54 Å². The topological polar surface area (TPSA) is 107 Å². The first-order chi connectivity index (χ1) is 11.8. The van der Waals surface area contributed by atoms with Crippen LogP contribution in [0.25, 0.3) is 0 Å². The van der Waals surface area contributed by atoms with Crippen molar-refractivity contribution in [1.29, 1.82) is 0 Å². The highest BCUT2D eigenvalue weighted by atomic mass is 16.4. The molecule has 0 bridgehead atoms. The molecule has 6 nitrogen and oxygen atoms in total. The van der Waals surface area contributed by atoms with Crippen LogP contribution in [0.1, 0.15) is 65.2 Å². The lowest BCUT2D eigenvalue weighted by atomic mass is 9.68. The smallest absolute Gasteiger partial charge is 0.335 e. The molecule has 6 heteroatoms. The van der Waals surface area contributed by atoms with Crippen LogP contribution in [0, 0.1) is 11.8 Å². The van der Waals surface area contributed by atoms with Crippen molar-refractivity contribution < 1.29 is 24.9 Å². The Morgan fingerprint density at radius 3 is 2.68 bits per heavy atom. The zero-order chi connectivity index (χ0) is 18.7. The third-order valence-corrected chi connectivity index (χ3v) is 5.94. The van der Waals surface area contributed by atoms with Gasteiger partial charge in [-0.3, -0.25) is 4.79 Å². The van der Waals surface area contributed by atoms with Crippen molar-refractivity contribution in [3.8, 4) is 0 Å².